The van der Waals surface area contributed by atoms with Crippen LogP contribution in [0.4, 0.5) is 22.9 Å². The summed E-state index contributed by atoms with van der Waals surface area (Å²) in [4.78, 5) is 9.31. The Labute approximate surface area is 264 Å². The van der Waals surface area contributed by atoms with E-state index in [0.717, 1.165) is 50.8 Å². The molecule has 44 heavy (non-hydrogen) atoms. The first-order chi connectivity index (χ1) is 21.1. The molecule has 7 nitrogen and oxygen atoms in total. The Hall–Kier alpha value is -4.05. The Balaban J connectivity index is 1.73. The number of para-hydroxylation sites is 2. The number of rotatable bonds is 8. The van der Waals surface area contributed by atoms with E-state index in [0.29, 0.717) is 34.9 Å². The summed E-state index contributed by atoms with van der Waals surface area (Å²) < 4.78 is 2.37. The second-order valence-corrected chi connectivity index (χ2v) is 13.4. The molecule has 0 bridgehead atoms. The van der Waals surface area contributed by atoms with E-state index >= 15 is 0 Å². The summed E-state index contributed by atoms with van der Waals surface area (Å²) in [5.41, 5.74) is 8.68. The third-order valence-corrected chi connectivity index (χ3v) is 8.92. The molecule has 0 N–H and O–H groups in total. The maximum absolute atomic E-state index is 10.1. The number of anilines is 2. The molecule has 0 spiro atoms. The summed E-state index contributed by atoms with van der Waals surface area (Å²) in [5.74, 6) is 3.02. The van der Waals surface area contributed by atoms with Crippen molar-refractivity contribution in [2.24, 2.45) is 10.2 Å². The third-order valence-electron chi connectivity index (χ3n) is 8.92. The first kappa shape index (κ1) is 31.4. The summed E-state index contributed by atoms with van der Waals surface area (Å²) >= 11 is 0. The van der Waals surface area contributed by atoms with Gasteiger partial charge in [-0.2, -0.15) is 5.26 Å². The minimum atomic E-state index is 0.345. The average molecular weight is 591 g/mol. The standard InChI is InChI=1S/C37H48N7/c1-24(2)29-13-11-14-30(25(3)4)35(29)43-19-20-44(36-31(26(5)6)15-12-16-32(36)27(7)8)37(43)41-40-33-23-39-34(21-28(33)22-38)42-17-9-10-18-42/h11-16,21,23-27H,9-10,17-20H2,1-8H3/q+1. The molecule has 0 saturated carbocycles. The van der Waals surface area contributed by atoms with Crippen molar-refractivity contribution in [3.63, 3.8) is 0 Å². The van der Waals surface area contributed by atoms with Gasteiger partial charge in [0.25, 0.3) is 0 Å². The van der Waals surface area contributed by atoms with Gasteiger partial charge in [0.15, 0.2) is 0 Å². The van der Waals surface area contributed by atoms with E-state index in [1.54, 1.807) is 6.20 Å². The zero-order valence-corrected chi connectivity index (χ0v) is 27.8. The van der Waals surface area contributed by atoms with Crippen LogP contribution >= 0.6 is 0 Å². The van der Waals surface area contributed by atoms with Gasteiger partial charge in [0, 0.05) is 24.3 Å². The maximum Gasteiger partial charge on any atom is 0.422 e. The van der Waals surface area contributed by atoms with Crippen LogP contribution in [0.1, 0.15) is 120 Å². The van der Waals surface area contributed by atoms with Crippen LogP contribution in [0.3, 0.4) is 0 Å². The van der Waals surface area contributed by atoms with E-state index in [9.17, 15) is 5.26 Å². The fraction of sp³-hybridized carbons (Fsp3) is 0.486. The molecule has 0 radical (unpaired) electrons. The highest BCUT2D eigenvalue weighted by atomic mass is 15.4. The van der Waals surface area contributed by atoms with Gasteiger partial charge < -0.3 is 4.90 Å². The van der Waals surface area contributed by atoms with Gasteiger partial charge in [0.05, 0.1) is 11.8 Å². The molecular formula is C37H48N7+. The Morgan fingerprint density at radius 2 is 1.32 bits per heavy atom. The molecule has 2 aliphatic heterocycles. The lowest BCUT2D eigenvalue weighted by Gasteiger charge is -2.23. The van der Waals surface area contributed by atoms with Crippen molar-refractivity contribution in [1.29, 1.82) is 5.26 Å². The molecule has 7 heteroatoms. The van der Waals surface area contributed by atoms with Gasteiger partial charge in [-0.05, 0) is 58.8 Å². The second kappa shape index (κ2) is 13.3. The first-order valence-corrected chi connectivity index (χ1v) is 16.4. The third kappa shape index (κ3) is 6.13. The number of benzene rings is 2. The number of nitriles is 1. The number of azo groups is 1. The van der Waals surface area contributed by atoms with Crippen molar-refractivity contribution in [1.82, 2.24) is 4.98 Å². The molecular weight excluding hydrogens is 542 g/mol. The molecule has 5 rings (SSSR count). The topological polar surface area (TPSA) is 70.9 Å². The molecule has 1 aromatic heterocycles. The van der Waals surface area contributed by atoms with Crippen LogP contribution in [0.15, 0.2) is 58.9 Å². The van der Waals surface area contributed by atoms with Gasteiger partial charge in [-0.3, -0.25) is 0 Å². The fourth-order valence-corrected chi connectivity index (χ4v) is 6.55. The highest BCUT2D eigenvalue weighted by molar-refractivity contribution is 5.97. The lowest BCUT2D eigenvalue weighted by Crippen LogP contribution is -2.29. The lowest BCUT2D eigenvalue weighted by molar-refractivity contribution is -0.431. The van der Waals surface area contributed by atoms with E-state index in [-0.39, 0.29) is 0 Å². The minimum Gasteiger partial charge on any atom is -0.357 e. The molecule has 2 aliphatic rings. The van der Waals surface area contributed by atoms with Gasteiger partial charge in [-0.1, -0.05) is 96.9 Å². The predicted molar refractivity (Wildman–Crippen MR) is 181 cm³/mol. The van der Waals surface area contributed by atoms with Crippen molar-refractivity contribution in [3.8, 4) is 6.07 Å². The van der Waals surface area contributed by atoms with Gasteiger partial charge in [0.2, 0.25) is 0 Å². The molecule has 0 unspecified atom stereocenters. The number of aromatic nitrogens is 1. The quantitative estimate of drug-likeness (QED) is 0.194. The first-order valence-electron chi connectivity index (χ1n) is 16.4. The molecule has 1 saturated heterocycles. The second-order valence-electron chi connectivity index (χ2n) is 13.4. The Bertz CT molecular complexity index is 1550. The summed E-state index contributed by atoms with van der Waals surface area (Å²) in [6.45, 7) is 21.6. The van der Waals surface area contributed by atoms with E-state index in [1.807, 2.05) is 6.07 Å². The molecule has 2 aromatic carbocycles. The van der Waals surface area contributed by atoms with Crippen LogP contribution in [-0.4, -0.2) is 41.7 Å². The van der Waals surface area contributed by atoms with Crippen molar-refractivity contribution in [3.05, 3.63) is 76.5 Å². The molecule has 3 aromatic rings. The van der Waals surface area contributed by atoms with Crippen LogP contribution in [0, 0.1) is 11.3 Å². The maximum atomic E-state index is 10.1. The summed E-state index contributed by atoms with van der Waals surface area (Å²) in [6.07, 6.45) is 4.02. The smallest absolute Gasteiger partial charge is 0.357 e. The lowest BCUT2D eigenvalue weighted by atomic mass is 9.92. The van der Waals surface area contributed by atoms with Gasteiger partial charge >= 0.3 is 5.96 Å². The van der Waals surface area contributed by atoms with Crippen LogP contribution in [-0.2, 0) is 0 Å². The Kier molecular flexibility index (Phi) is 9.48. The van der Waals surface area contributed by atoms with Crippen LogP contribution in [0.25, 0.3) is 0 Å². The summed E-state index contributed by atoms with van der Waals surface area (Å²) in [7, 11) is 0. The molecule has 230 valence electrons. The molecule has 0 aliphatic carbocycles. The van der Waals surface area contributed by atoms with E-state index in [2.05, 4.69) is 112 Å². The van der Waals surface area contributed by atoms with Gasteiger partial charge in [-0.25, -0.2) is 14.5 Å². The summed E-state index contributed by atoms with van der Waals surface area (Å²) in [5, 5.41) is 19.9. The minimum absolute atomic E-state index is 0.345. The Morgan fingerprint density at radius 3 is 1.84 bits per heavy atom. The largest absolute Gasteiger partial charge is 0.422 e. The van der Waals surface area contributed by atoms with Gasteiger partial charge in [-0.15, -0.1) is 0 Å². The molecule has 1 fully saturated rings. The number of hydrogen-bond acceptors (Lipinski definition) is 6. The SMILES string of the molecule is CC(C)c1cccc(C(C)C)c1N1CC[N+](c2c(C(C)C)cccc2C(C)C)=C1N=Nc1cnc(N2CCCC2)cc1C#N. The fourth-order valence-electron chi connectivity index (χ4n) is 6.55. The van der Waals surface area contributed by atoms with Crippen LogP contribution in [0.2, 0.25) is 0 Å². The number of nitrogens with zero attached hydrogens (tertiary/aromatic N) is 7. The van der Waals surface area contributed by atoms with Crippen molar-refractivity contribution in [2.75, 3.05) is 36.0 Å². The molecule has 3 heterocycles. The zero-order chi connectivity index (χ0) is 31.5. The highest BCUT2D eigenvalue weighted by Crippen LogP contribution is 2.40. The number of guanidine groups is 1. The average Bonchev–Trinajstić information content (AvgIpc) is 3.69. The van der Waals surface area contributed by atoms with Crippen LogP contribution in [0.5, 0.6) is 0 Å². The normalized spacial score (nSPS) is 15.7. The van der Waals surface area contributed by atoms with E-state index in [4.69, 9.17) is 15.2 Å². The van der Waals surface area contributed by atoms with E-state index < -0.39 is 0 Å². The van der Waals surface area contributed by atoms with Crippen molar-refractivity contribution in [2.45, 2.75) is 91.9 Å². The summed E-state index contributed by atoms with van der Waals surface area (Å²) in [6, 6.07) is 17.6. The van der Waals surface area contributed by atoms with Gasteiger partial charge in [0.1, 0.15) is 42.0 Å². The zero-order valence-electron chi connectivity index (χ0n) is 27.8. The highest BCUT2D eigenvalue weighted by Gasteiger charge is 2.39. The predicted octanol–water partition coefficient (Wildman–Crippen LogP) is 9.35. The monoisotopic (exact) mass is 590 g/mol. The number of pyridine rings is 1. The number of hydrogen-bond donors (Lipinski definition) is 0. The van der Waals surface area contributed by atoms with Crippen LogP contribution < -0.4 is 9.80 Å². The van der Waals surface area contributed by atoms with Crippen molar-refractivity contribution < 1.29 is 4.58 Å². The van der Waals surface area contributed by atoms with Crippen molar-refractivity contribution >= 4 is 28.8 Å². The van der Waals surface area contributed by atoms with E-state index in [1.165, 1.54) is 33.6 Å². The molecule has 0 atom stereocenters. The molecule has 0 amide bonds. The Morgan fingerprint density at radius 1 is 0.773 bits per heavy atom.